The summed E-state index contributed by atoms with van der Waals surface area (Å²) in [4.78, 5) is 14.6. The van der Waals surface area contributed by atoms with Crippen LogP contribution in [0, 0.1) is 17.8 Å². The van der Waals surface area contributed by atoms with Crippen LogP contribution in [-0.2, 0) is 4.79 Å². The first-order valence-corrected chi connectivity index (χ1v) is 7.55. The molecule has 0 aliphatic heterocycles. The van der Waals surface area contributed by atoms with Gasteiger partial charge in [0.15, 0.2) is 0 Å². The highest BCUT2D eigenvalue weighted by atomic mass is 16.4. The number of nitrogens with zero attached hydrogens (tertiary/aromatic N) is 2. The number of amidine groups is 1. The molecule has 0 aromatic heterocycles. The summed E-state index contributed by atoms with van der Waals surface area (Å²) < 4.78 is 0. The summed E-state index contributed by atoms with van der Waals surface area (Å²) in [6.45, 7) is 0.453. The minimum Gasteiger partial charge on any atom is -0.409 e. The second kappa shape index (κ2) is 5.76. The fourth-order valence-corrected chi connectivity index (χ4v) is 3.62. The lowest BCUT2D eigenvalue weighted by Gasteiger charge is -2.23. The third kappa shape index (κ3) is 2.73. The van der Waals surface area contributed by atoms with Gasteiger partial charge in [0, 0.05) is 24.6 Å². The minimum atomic E-state index is 0.153. The first kappa shape index (κ1) is 13.9. The molecule has 1 aromatic rings. The lowest BCUT2D eigenvalue weighted by Crippen LogP contribution is -2.36. The number of hydrogen-bond donors (Lipinski definition) is 2. The van der Waals surface area contributed by atoms with Gasteiger partial charge in [-0.1, -0.05) is 29.8 Å². The van der Waals surface area contributed by atoms with Crippen molar-refractivity contribution in [1.82, 2.24) is 0 Å². The van der Waals surface area contributed by atoms with E-state index in [-0.39, 0.29) is 17.7 Å². The van der Waals surface area contributed by atoms with Crippen molar-refractivity contribution < 1.29 is 10.0 Å². The molecule has 3 N–H and O–H groups in total. The maximum Gasteiger partial charge on any atom is 0.230 e. The Morgan fingerprint density at radius 2 is 1.95 bits per heavy atom. The zero-order valence-corrected chi connectivity index (χ0v) is 12.0. The molecule has 0 heterocycles. The first-order valence-electron chi connectivity index (χ1n) is 7.55. The molecule has 5 heteroatoms. The number of fused-ring (bicyclic) bond motifs is 1. The molecular formula is C16H21N3O2. The van der Waals surface area contributed by atoms with Crippen molar-refractivity contribution in [2.75, 3.05) is 11.4 Å². The Morgan fingerprint density at radius 1 is 1.29 bits per heavy atom. The Kier molecular flexibility index (Phi) is 3.82. The van der Waals surface area contributed by atoms with E-state index < -0.39 is 0 Å². The summed E-state index contributed by atoms with van der Waals surface area (Å²) in [5, 5.41) is 11.7. The van der Waals surface area contributed by atoms with Crippen LogP contribution in [0.25, 0.3) is 0 Å². The van der Waals surface area contributed by atoms with Gasteiger partial charge in [0.2, 0.25) is 5.91 Å². The van der Waals surface area contributed by atoms with E-state index in [1.165, 1.54) is 19.3 Å². The minimum absolute atomic E-state index is 0.153. The Labute approximate surface area is 124 Å². The SMILES string of the molecule is N/C(CCN(C(=O)C1C2CCCC21)c1ccccc1)=N/O. The summed E-state index contributed by atoms with van der Waals surface area (Å²) >= 11 is 0. The monoisotopic (exact) mass is 287 g/mol. The summed E-state index contributed by atoms with van der Waals surface area (Å²) in [5.41, 5.74) is 6.43. The van der Waals surface area contributed by atoms with Crippen LogP contribution in [0.15, 0.2) is 35.5 Å². The number of nitrogens with two attached hydrogens (primary N) is 1. The lowest BCUT2D eigenvalue weighted by atomic mass is 10.1. The molecule has 3 rings (SSSR count). The number of oxime groups is 1. The Bertz CT molecular complexity index is 534. The predicted molar refractivity (Wildman–Crippen MR) is 81.1 cm³/mol. The maximum absolute atomic E-state index is 12.8. The van der Waals surface area contributed by atoms with E-state index in [1.54, 1.807) is 4.90 Å². The Hall–Kier alpha value is -2.04. The van der Waals surface area contributed by atoms with Crippen molar-refractivity contribution in [3.63, 3.8) is 0 Å². The van der Waals surface area contributed by atoms with Gasteiger partial charge in [-0.3, -0.25) is 4.79 Å². The molecular weight excluding hydrogens is 266 g/mol. The van der Waals surface area contributed by atoms with E-state index in [2.05, 4.69) is 5.16 Å². The molecule has 2 atom stereocenters. The van der Waals surface area contributed by atoms with Crippen LogP contribution >= 0.6 is 0 Å². The van der Waals surface area contributed by atoms with Crippen LogP contribution < -0.4 is 10.6 Å². The Balaban J connectivity index is 1.74. The average molecular weight is 287 g/mol. The highest BCUT2D eigenvalue weighted by Crippen LogP contribution is 2.58. The molecule has 2 aliphatic carbocycles. The molecule has 2 unspecified atom stereocenters. The smallest absolute Gasteiger partial charge is 0.230 e. The number of para-hydroxylation sites is 1. The largest absolute Gasteiger partial charge is 0.409 e. The standard InChI is InChI=1S/C16H21N3O2/c17-14(18-21)9-10-19(11-5-2-1-3-6-11)16(20)15-12-7-4-8-13(12)15/h1-3,5-6,12-13,15,21H,4,7-10H2,(H2,17,18). The summed E-state index contributed by atoms with van der Waals surface area (Å²) in [5.74, 6) is 1.72. The molecule has 0 saturated heterocycles. The third-order valence-corrected chi connectivity index (χ3v) is 4.75. The molecule has 0 spiro atoms. The molecule has 1 aromatic carbocycles. The molecule has 2 saturated carbocycles. The van der Waals surface area contributed by atoms with Crippen LogP contribution in [-0.4, -0.2) is 23.5 Å². The van der Waals surface area contributed by atoms with E-state index in [9.17, 15) is 4.79 Å². The second-order valence-corrected chi connectivity index (χ2v) is 5.95. The van der Waals surface area contributed by atoms with Gasteiger partial charge in [0.25, 0.3) is 0 Å². The summed E-state index contributed by atoms with van der Waals surface area (Å²) in [6.07, 6.45) is 4.00. The first-order chi connectivity index (χ1) is 10.2. The fraction of sp³-hybridized carbons (Fsp3) is 0.500. The quantitative estimate of drug-likeness (QED) is 0.377. The van der Waals surface area contributed by atoms with Crippen molar-refractivity contribution in [3.8, 4) is 0 Å². The number of benzene rings is 1. The number of rotatable bonds is 5. The van der Waals surface area contributed by atoms with Crippen molar-refractivity contribution in [3.05, 3.63) is 30.3 Å². The molecule has 0 bridgehead atoms. The van der Waals surface area contributed by atoms with E-state index in [0.717, 1.165) is 5.69 Å². The lowest BCUT2D eigenvalue weighted by molar-refractivity contribution is -0.120. The third-order valence-electron chi connectivity index (χ3n) is 4.75. The van der Waals surface area contributed by atoms with Crippen LogP contribution in [0.1, 0.15) is 25.7 Å². The number of anilines is 1. The van der Waals surface area contributed by atoms with Crippen molar-refractivity contribution >= 4 is 17.4 Å². The van der Waals surface area contributed by atoms with Gasteiger partial charge < -0.3 is 15.8 Å². The number of amides is 1. The van der Waals surface area contributed by atoms with Gasteiger partial charge in [0.05, 0.1) is 0 Å². The number of hydrogen-bond acceptors (Lipinski definition) is 3. The highest BCUT2D eigenvalue weighted by molar-refractivity contribution is 5.98. The topological polar surface area (TPSA) is 78.9 Å². The van der Waals surface area contributed by atoms with Gasteiger partial charge in [0.1, 0.15) is 5.84 Å². The molecule has 2 aliphatic rings. The summed E-state index contributed by atoms with van der Waals surface area (Å²) in [7, 11) is 0. The van der Waals surface area contributed by atoms with Gasteiger partial charge in [-0.2, -0.15) is 0 Å². The molecule has 1 amide bonds. The van der Waals surface area contributed by atoms with Crippen molar-refractivity contribution in [1.29, 1.82) is 0 Å². The van der Waals surface area contributed by atoms with Crippen LogP contribution in [0.5, 0.6) is 0 Å². The highest BCUT2D eigenvalue weighted by Gasteiger charge is 2.57. The second-order valence-electron chi connectivity index (χ2n) is 5.95. The van der Waals surface area contributed by atoms with Crippen LogP contribution in [0.4, 0.5) is 5.69 Å². The number of carbonyl (C=O) groups is 1. The van der Waals surface area contributed by atoms with Gasteiger partial charge in [-0.05, 0) is 36.8 Å². The maximum atomic E-state index is 12.8. The van der Waals surface area contributed by atoms with E-state index in [1.807, 2.05) is 30.3 Å². The van der Waals surface area contributed by atoms with Gasteiger partial charge in [-0.15, -0.1) is 0 Å². The zero-order valence-electron chi connectivity index (χ0n) is 12.0. The van der Waals surface area contributed by atoms with Crippen LogP contribution in [0.2, 0.25) is 0 Å². The van der Waals surface area contributed by atoms with Crippen LogP contribution in [0.3, 0.4) is 0 Å². The van der Waals surface area contributed by atoms with E-state index >= 15 is 0 Å². The molecule has 5 nitrogen and oxygen atoms in total. The van der Waals surface area contributed by atoms with Crippen molar-refractivity contribution in [2.24, 2.45) is 28.6 Å². The van der Waals surface area contributed by atoms with E-state index in [4.69, 9.17) is 10.9 Å². The number of carbonyl (C=O) groups excluding carboxylic acids is 1. The predicted octanol–water partition coefficient (Wildman–Crippen LogP) is 2.20. The van der Waals surface area contributed by atoms with E-state index in [0.29, 0.717) is 24.8 Å². The molecule has 0 radical (unpaired) electrons. The van der Waals surface area contributed by atoms with Crippen molar-refractivity contribution in [2.45, 2.75) is 25.7 Å². The zero-order chi connectivity index (χ0) is 14.8. The fourth-order valence-electron chi connectivity index (χ4n) is 3.62. The summed E-state index contributed by atoms with van der Waals surface area (Å²) in [6, 6.07) is 9.64. The normalized spacial score (nSPS) is 27.2. The van der Waals surface area contributed by atoms with Gasteiger partial charge >= 0.3 is 0 Å². The Morgan fingerprint density at radius 3 is 2.57 bits per heavy atom. The molecule has 112 valence electrons. The molecule has 2 fully saturated rings. The molecule has 21 heavy (non-hydrogen) atoms. The van der Waals surface area contributed by atoms with Gasteiger partial charge in [-0.25, -0.2) is 0 Å². The average Bonchev–Trinajstić information content (AvgIpc) is 3.00.